The Balaban J connectivity index is 1.85. The highest BCUT2D eigenvalue weighted by molar-refractivity contribution is 7.89. The molecule has 3 aromatic rings. The van der Waals surface area contributed by atoms with Gasteiger partial charge in [0.1, 0.15) is 6.04 Å². The molecule has 0 aliphatic heterocycles. The van der Waals surface area contributed by atoms with Crippen LogP contribution in [-0.2, 0) is 32.6 Å². The average molecular weight is 508 g/mol. The first kappa shape index (κ1) is 27.1. The van der Waals surface area contributed by atoms with E-state index in [0.717, 1.165) is 16.7 Å². The zero-order chi connectivity index (χ0) is 26.0. The number of rotatable bonds is 12. The van der Waals surface area contributed by atoms with E-state index in [9.17, 15) is 18.0 Å². The van der Waals surface area contributed by atoms with Crippen LogP contribution in [0, 0.1) is 0 Å². The van der Waals surface area contributed by atoms with Crippen molar-refractivity contribution in [3.63, 3.8) is 0 Å². The molecule has 1 atom stereocenters. The molecular formula is C28H33N3O4S. The van der Waals surface area contributed by atoms with Crippen molar-refractivity contribution in [3.8, 4) is 0 Å². The van der Waals surface area contributed by atoms with Crippen molar-refractivity contribution in [1.82, 2.24) is 14.9 Å². The Labute approximate surface area is 213 Å². The topological polar surface area (TPSA) is 95.6 Å². The summed E-state index contributed by atoms with van der Waals surface area (Å²) in [6.07, 6.45) is 0.595. The van der Waals surface area contributed by atoms with Crippen LogP contribution in [0.5, 0.6) is 0 Å². The Kier molecular flexibility index (Phi) is 9.78. The molecule has 0 bridgehead atoms. The Hall–Kier alpha value is -3.49. The largest absolute Gasteiger partial charge is 0.354 e. The highest BCUT2D eigenvalue weighted by Gasteiger charge is 2.31. The summed E-state index contributed by atoms with van der Waals surface area (Å²) >= 11 is 0. The first-order valence-corrected chi connectivity index (χ1v) is 13.6. The van der Waals surface area contributed by atoms with Crippen LogP contribution in [0.2, 0.25) is 0 Å². The number of sulfonamides is 1. The number of aryl methyl sites for hydroxylation is 1. The Morgan fingerprint density at radius 1 is 0.806 bits per heavy atom. The molecule has 0 heterocycles. The number of hydrogen-bond donors (Lipinski definition) is 2. The van der Waals surface area contributed by atoms with Crippen LogP contribution in [0.4, 0.5) is 0 Å². The van der Waals surface area contributed by atoms with Crippen LogP contribution < -0.4 is 10.0 Å². The number of likely N-dealkylation sites (N-methyl/N-ethyl adjacent to an activating group) is 1. The molecule has 3 rings (SSSR count). The van der Waals surface area contributed by atoms with E-state index in [-0.39, 0.29) is 29.7 Å². The minimum atomic E-state index is -3.53. The van der Waals surface area contributed by atoms with Crippen molar-refractivity contribution < 1.29 is 18.0 Å². The fourth-order valence-electron chi connectivity index (χ4n) is 3.99. The molecule has 0 saturated carbocycles. The van der Waals surface area contributed by atoms with E-state index >= 15 is 0 Å². The summed E-state index contributed by atoms with van der Waals surface area (Å²) in [7, 11) is -3.53. The molecule has 2 N–H and O–H groups in total. The third kappa shape index (κ3) is 7.26. The summed E-state index contributed by atoms with van der Waals surface area (Å²) in [5.41, 5.74) is 2.51. The fourth-order valence-corrected chi connectivity index (χ4v) is 5.03. The van der Waals surface area contributed by atoms with Gasteiger partial charge in [-0.3, -0.25) is 9.59 Å². The van der Waals surface area contributed by atoms with Gasteiger partial charge in [0.05, 0.1) is 4.90 Å². The summed E-state index contributed by atoms with van der Waals surface area (Å²) < 4.78 is 26.8. The second-order valence-electron chi connectivity index (χ2n) is 8.36. The molecule has 36 heavy (non-hydrogen) atoms. The number of amides is 2. The first-order valence-electron chi connectivity index (χ1n) is 12.1. The van der Waals surface area contributed by atoms with E-state index < -0.39 is 16.1 Å². The van der Waals surface area contributed by atoms with Gasteiger partial charge in [0.15, 0.2) is 0 Å². The third-order valence-corrected chi connectivity index (χ3v) is 7.30. The van der Waals surface area contributed by atoms with Crippen LogP contribution in [0.25, 0.3) is 0 Å². The van der Waals surface area contributed by atoms with Gasteiger partial charge in [0.25, 0.3) is 0 Å². The first-order chi connectivity index (χ1) is 17.4. The standard InChI is InChI=1S/C28H33N3O4S/c1-3-29-28(33)27(24-13-9-6-10-14-24)31(21-23-11-7-5-8-12-23)26(32)20-17-22-15-18-25(19-16-22)36(34,35)30-4-2/h5-16,18-19,27,30H,3-4,17,20-21H2,1-2H3,(H,29,33)/t27-/m0/s1. The number of carbonyl (C=O) groups is 2. The second kappa shape index (κ2) is 13.0. The smallest absolute Gasteiger partial charge is 0.247 e. The molecule has 8 heteroatoms. The number of carbonyl (C=O) groups excluding carboxylic acids is 2. The van der Waals surface area contributed by atoms with E-state index in [1.165, 1.54) is 0 Å². The maximum absolute atomic E-state index is 13.6. The van der Waals surface area contributed by atoms with E-state index in [2.05, 4.69) is 10.0 Å². The van der Waals surface area contributed by atoms with Crippen LogP contribution in [0.3, 0.4) is 0 Å². The molecular weight excluding hydrogens is 474 g/mol. The monoisotopic (exact) mass is 507 g/mol. The van der Waals surface area contributed by atoms with Gasteiger partial charge in [-0.15, -0.1) is 0 Å². The van der Waals surface area contributed by atoms with Gasteiger partial charge in [-0.25, -0.2) is 13.1 Å². The summed E-state index contributed by atoms with van der Waals surface area (Å²) in [6, 6.07) is 24.6. The van der Waals surface area contributed by atoms with Crippen molar-refractivity contribution in [2.75, 3.05) is 13.1 Å². The minimum absolute atomic E-state index is 0.164. The molecule has 2 amide bonds. The zero-order valence-corrected chi connectivity index (χ0v) is 21.5. The second-order valence-corrected chi connectivity index (χ2v) is 10.1. The van der Waals surface area contributed by atoms with Gasteiger partial charge in [0.2, 0.25) is 21.8 Å². The lowest BCUT2D eigenvalue weighted by Crippen LogP contribution is -2.43. The van der Waals surface area contributed by atoms with Crippen LogP contribution >= 0.6 is 0 Å². The molecule has 0 aliphatic rings. The molecule has 190 valence electrons. The zero-order valence-electron chi connectivity index (χ0n) is 20.7. The highest BCUT2D eigenvalue weighted by atomic mass is 32.2. The number of benzene rings is 3. The highest BCUT2D eigenvalue weighted by Crippen LogP contribution is 2.25. The molecule has 0 aliphatic carbocycles. The van der Waals surface area contributed by atoms with Crippen LogP contribution in [0.1, 0.15) is 43.0 Å². The van der Waals surface area contributed by atoms with E-state index in [4.69, 9.17) is 0 Å². The van der Waals surface area contributed by atoms with Gasteiger partial charge in [-0.2, -0.15) is 0 Å². The summed E-state index contributed by atoms with van der Waals surface area (Å²) in [5.74, 6) is -0.394. The minimum Gasteiger partial charge on any atom is -0.354 e. The van der Waals surface area contributed by atoms with Crippen molar-refractivity contribution in [1.29, 1.82) is 0 Å². The molecule has 0 aromatic heterocycles. The molecule has 0 unspecified atom stereocenters. The fraction of sp³-hybridized carbons (Fsp3) is 0.286. The third-order valence-electron chi connectivity index (χ3n) is 5.74. The van der Waals surface area contributed by atoms with Gasteiger partial charge in [-0.1, -0.05) is 79.7 Å². The summed E-state index contributed by atoms with van der Waals surface area (Å²) in [5, 5.41) is 2.87. The molecule has 7 nitrogen and oxygen atoms in total. The van der Waals surface area contributed by atoms with Crippen molar-refractivity contribution >= 4 is 21.8 Å². The summed E-state index contributed by atoms with van der Waals surface area (Å²) in [6.45, 7) is 4.63. The average Bonchev–Trinajstić information content (AvgIpc) is 2.88. The quantitative estimate of drug-likeness (QED) is 0.390. The van der Waals surface area contributed by atoms with Gasteiger partial charge in [0, 0.05) is 26.1 Å². The summed E-state index contributed by atoms with van der Waals surface area (Å²) in [4.78, 5) is 28.6. The Bertz CT molecular complexity index is 1230. The van der Waals surface area contributed by atoms with Crippen molar-refractivity contribution in [2.45, 2.75) is 44.2 Å². The Morgan fingerprint density at radius 2 is 1.42 bits per heavy atom. The lowest BCUT2D eigenvalue weighted by atomic mass is 10.0. The van der Waals surface area contributed by atoms with Crippen LogP contribution in [-0.4, -0.2) is 38.2 Å². The van der Waals surface area contributed by atoms with Crippen LogP contribution in [0.15, 0.2) is 89.8 Å². The van der Waals surface area contributed by atoms with Gasteiger partial charge < -0.3 is 10.2 Å². The molecule has 0 saturated heterocycles. The molecule has 0 fully saturated rings. The SMILES string of the molecule is CCNC(=O)[C@H](c1ccccc1)N(Cc1ccccc1)C(=O)CCc1ccc(S(=O)(=O)NCC)cc1. The molecule has 3 aromatic carbocycles. The molecule has 0 spiro atoms. The maximum Gasteiger partial charge on any atom is 0.247 e. The van der Waals surface area contributed by atoms with E-state index in [1.54, 1.807) is 36.1 Å². The van der Waals surface area contributed by atoms with Crippen molar-refractivity contribution in [2.24, 2.45) is 0 Å². The lowest BCUT2D eigenvalue weighted by Gasteiger charge is -2.31. The van der Waals surface area contributed by atoms with Crippen molar-refractivity contribution in [3.05, 3.63) is 102 Å². The van der Waals surface area contributed by atoms with Gasteiger partial charge >= 0.3 is 0 Å². The Morgan fingerprint density at radius 3 is 2.00 bits per heavy atom. The normalized spacial score (nSPS) is 12.1. The van der Waals surface area contributed by atoms with E-state index in [1.807, 2.05) is 67.6 Å². The predicted molar refractivity (Wildman–Crippen MR) is 140 cm³/mol. The lowest BCUT2D eigenvalue weighted by molar-refractivity contribution is -0.141. The number of nitrogens with zero attached hydrogens (tertiary/aromatic N) is 1. The maximum atomic E-state index is 13.6. The molecule has 0 radical (unpaired) electrons. The van der Waals surface area contributed by atoms with Gasteiger partial charge in [-0.05, 0) is 42.2 Å². The predicted octanol–water partition coefficient (Wildman–Crippen LogP) is 3.82. The van der Waals surface area contributed by atoms with E-state index in [0.29, 0.717) is 19.5 Å². The number of hydrogen-bond acceptors (Lipinski definition) is 4. The number of nitrogens with one attached hydrogen (secondary N) is 2.